The van der Waals surface area contributed by atoms with Crippen molar-refractivity contribution in [1.82, 2.24) is 4.90 Å². The molecule has 0 aromatic heterocycles. The Hall–Kier alpha value is -2.40. The Morgan fingerprint density at radius 2 is 2.04 bits per heavy atom. The van der Waals surface area contributed by atoms with Crippen LogP contribution in [0.5, 0.6) is 5.75 Å². The molecule has 0 spiro atoms. The average Bonchev–Trinajstić information content (AvgIpc) is 3.45. The van der Waals surface area contributed by atoms with Gasteiger partial charge in [-0.1, -0.05) is 18.2 Å². The van der Waals surface area contributed by atoms with Gasteiger partial charge in [0.1, 0.15) is 18.2 Å². The zero-order chi connectivity index (χ0) is 17.8. The highest BCUT2D eigenvalue weighted by molar-refractivity contribution is 5.94. The molecule has 0 bridgehead atoms. The number of rotatable bonds is 7. The summed E-state index contributed by atoms with van der Waals surface area (Å²) in [5.41, 5.74) is 1.37. The topological polar surface area (TPSA) is 49.8 Å². The Bertz CT molecular complexity index is 745. The van der Waals surface area contributed by atoms with Crippen LogP contribution in [-0.4, -0.2) is 35.6 Å². The number of ether oxygens (including phenoxy) is 1. The molecular weight excluding hydrogens is 321 g/mol. The lowest BCUT2D eigenvalue weighted by Crippen LogP contribution is -2.35. The van der Waals surface area contributed by atoms with Crippen LogP contribution in [0.2, 0.25) is 0 Å². The molecule has 1 saturated carbocycles. The molecule has 1 N–H and O–H groups in total. The number of carbonyl (C=O) groups is 1. The molecule has 0 radical (unpaired) electrons. The third-order valence-corrected chi connectivity index (χ3v) is 4.35. The van der Waals surface area contributed by atoms with Gasteiger partial charge in [-0.25, -0.2) is 4.39 Å². The molecule has 0 aliphatic heterocycles. The number of hydrogen-bond donors (Lipinski definition) is 1. The summed E-state index contributed by atoms with van der Waals surface area (Å²) in [5, 5.41) is 10.00. The van der Waals surface area contributed by atoms with Crippen LogP contribution in [-0.2, 0) is 6.61 Å². The summed E-state index contributed by atoms with van der Waals surface area (Å²) >= 11 is 0. The molecule has 0 heterocycles. The summed E-state index contributed by atoms with van der Waals surface area (Å²) in [6.45, 7) is 0.590. The van der Waals surface area contributed by atoms with Crippen molar-refractivity contribution in [2.24, 2.45) is 5.92 Å². The predicted octanol–water partition coefficient (Wildman–Crippen LogP) is 3.25. The van der Waals surface area contributed by atoms with Gasteiger partial charge < -0.3 is 14.7 Å². The molecule has 25 heavy (non-hydrogen) atoms. The molecule has 0 saturated heterocycles. The second-order valence-electron chi connectivity index (χ2n) is 6.54. The van der Waals surface area contributed by atoms with Gasteiger partial charge in [0.25, 0.3) is 5.91 Å². The minimum Gasteiger partial charge on any atom is -0.489 e. The summed E-state index contributed by atoms with van der Waals surface area (Å²) in [6, 6.07) is 13.1. The maximum Gasteiger partial charge on any atom is 0.253 e. The Balaban J connectivity index is 1.60. The number of benzene rings is 2. The summed E-state index contributed by atoms with van der Waals surface area (Å²) in [7, 11) is 1.70. The van der Waals surface area contributed by atoms with Gasteiger partial charge in [0.05, 0.1) is 6.10 Å². The lowest BCUT2D eigenvalue weighted by molar-refractivity contribution is 0.0645. The van der Waals surface area contributed by atoms with E-state index in [1.54, 1.807) is 42.3 Å². The summed E-state index contributed by atoms with van der Waals surface area (Å²) < 4.78 is 18.7. The molecule has 3 rings (SSSR count). The van der Waals surface area contributed by atoms with Crippen LogP contribution in [0.1, 0.15) is 28.8 Å². The first-order valence-corrected chi connectivity index (χ1v) is 8.44. The van der Waals surface area contributed by atoms with Crippen molar-refractivity contribution in [3.8, 4) is 5.75 Å². The van der Waals surface area contributed by atoms with E-state index in [2.05, 4.69) is 0 Å². The normalized spacial score (nSPS) is 14.8. The molecule has 5 heteroatoms. The van der Waals surface area contributed by atoms with Crippen molar-refractivity contribution >= 4 is 5.91 Å². The van der Waals surface area contributed by atoms with Crippen molar-refractivity contribution in [3.63, 3.8) is 0 Å². The van der Waals surface area contributed by atoms with E-state index in [1.165, 1.54) is 12.1 Å². The fourth-order valence-electron chi connectivity index (χ4n) is 2.73. The first-order valence-electron chi connectivity index (χ1n) is 8.44. The van der Waals surface area contributed by atoms with E-state index in [0.29, 0.717) is 23.8 Å². The summed E-state index contributed by atoms with van der Waals surface area (Å²) in [4.78, 5) is 14.1. The van der Waals surface area contributed by atoms with Gasteiger partial charge in [-0.15, -0.1) is 0 Å². The number of likely N-dealkylation sites (N-methyl/N-ethyl adjacent to an activating group) is 1. The van der Waals surface area contributed by atoms with Crippen LogP contribution < -0.4 is 4.74 Å². The van der Waals surface area contributed by atoms with Gasteiger partial charge in [0.15, 0.2) is 0 Å². The molecule has 1 fully saturated rings. The van der Waals surface area contributed by atoms with Gasteiger partial charge in [0, 0.05) is 25.2 Å². The quantitative estimate of drug-likeness (QED) is 0.840. The van der Waals surface area contributed by atoms with Crippen LogP contribution in [0, 0.1) is 11.7 Å². The van der Waals surface area contributed by atoms with E-state index in [-0.39, 0.29) is 18.3 Å². The van der Waals surface area contributed by atoms with Crippen molar-refractivity contribution in [1.29, 1.82) is 0 Å². The first kappa shape index (κ1) is 17.4. The SMILES string of the molecule is CN(CC(O)C1CC1)C(=O)c1cccc(COc2cccc(F)c2)c1. The number of amides is 1. The highest BCUT2D eigenvalue weighted by Crippen LogP contribution is 2.32. The third kappa shape index (κ3) is 4.79. The largest absolute Gasteiger partial charge is 0.489 e. The van der Waals surface area contributed by atoms with E-state index in [0.717, 1.165) is 18.4 Å². The Kier molecular flexibility index (Phi) is 5.34. The molecule has 1 aliphatic rings. The Morgan fingerprint density at radius 3 is 2.76 bits per heavy atom. The van der Waals surface area contributed by atoms with Gasteiger partial charge in [-0.05, 0) is 48.6 Å². The smallest absolute Gasteiger partial charge is 0.253 e. The fraction of sp³-hybridized carbons (Fsp3) is 0.350. The zero-order valence-corrected chi connectivity index (χ0v) is 14.2. The Morgan fingerprint density at radius 1 is 1.28 bits per heavy atom. The minimum atomic E-state index is -0.451. The van der Waals surface area contributed by atoms with Crippen LogP contribution in [0.4, 0.5) is 4.39 Å². The van der Waals surface area contributed by atoms with Crippen LogP contribution in [0.3, 0.4) is 0 Å². The second-order valence-corrected chi connectivity index (χ2v) is 6.54. The van der Waals surface area contributed by atoms with E-state index in [4.69, 9.17) is 4.74 Å². The number of nitrogens with zero attached hydrogens (tertiary/aromatic N) is 1. The van der Waals surface area contributed by atoms with E-state index in [1.807, 2.05) is 6.07 Å². The van der Waals surface area contributed by atoms with Crippen molar-refractivity contribution in [2.45, 2.75) is 25.6 Å². The van der Waals surface area contributed by atoms with E-state index in [9.17, 15) is 14.3 Å². The lowest BCUT2D eigenvalue weighted by Gasteiger charge is -2.21. The third-order valence-electron chi connectivity index (χ3n) is 4.35. The molecule has 2 aromatic rings. The van der Waals surface area contributed by atoms with Crippen molar-refractivity contribution in [3.05, 3.63) is 65.5 Å². The molecule has 1 atom stereocenters. The second kappa shape index (κ2) is 7.66. The molecule has 1 unspecified atom stereocenters. The standard InChI is InChI=1S/C20H22FNO3/c1-22(12-19(23)15-8-9-15)20(24)16-5-2-4-14(10-16)13-25-18-7-3-6-17(21)11-18/h2-7,10-11,15,19,23H,8-9,12-13H2,1H3. The van der Waals surface area contributed by atoms with Gasteiger partial charge in [-0.3, -0.25) is 4.79 Å². The van der Waals surface area contributed by atoms with Gasteiger partial charge in [0.2, 0.25) is 0 Å². The van der Waals surface area contributed by atoms with Crippen LogP contribution >= 0.6 is 0 Å². The van der Waals surface area contributed by atoms with Gasteiger partial charge >= 0.3 is 0 Å². The lowest BCUT2D eigenvalue weighted by atomic mass is 10.1. The summed E-state index contributed by atoms with van der Waals surface area (Å²) in [5.74, 6) is 0.298. The van der Waals surface area contributed by atoms with Crippen LogP contribution in [0.15, 0.2) is 48.5 Å². The zero-order valence-electron chi connectivity index (χ0n) is 14.2. The fourth-order valence-corrected chi connectivity index (χ4v) is 2.73. The minimum absolute atomic E-state index is 0.132. The number of aliphatic hydroxyl groups excluding tert-OH is 1. The first-order chi connectivity index (χ1) is 12.0. The average molecular weight is 343 g/mol. The predicted molar refractivity (Wildman–Crippen MR) is 92.9 cm³/mol. The number of hydrogen-bond acceptors (Lipinski definition) is 3. The molecular formula is C20H22FNO3. The van der Waals surface area contributed by atoms with Gasteiger partial charge in [-0.2, -0.15) is 0 Å². The Labute approximate surface area is 146 Å². The maximum atomic E-state index is 13.2. The summed E-state index contributed by atoms with van der Waals surface area (Å²) in [6.07, 6.45) is 1.63. The number of halogens is 1. The number of aliphatic hydroxyl groups is 1. The number of carbonyl (C=O) groups excluding carboxylic acids is 1. The molecule has 4 nitrogen and oxygen atoms in total. The maximum absolute atomic E-state index is 13.2. The molecule has 2 aromatic carbocycles. The van der Waals surface area contributed by atoms with Crippen LogP contribution in [0.25, 0.3) is 0 Å². The molecule has 1 amide bonds. The molecule has 132 valence electrons. The monoisotopic (exact) mass is 343 g/mol. The van der Waals surface area contributed by atoms with Crippen molar-refractivity contribution in [2.75, 3.05) is 13.6 Å². The van der Waals surface area contributed by atoms with E-state index < -0.39 is 6.10 Å². The highest BCUT2D eigenvalue weighted by atomic mass is 19.1. The van der Waals surface area contributed by atoms with E-state index >= 15 is 0 Å². The highest BCUT2D eigenvalue weighted by Gasteiger charge is 2.31. The van der Waals surface area contributed by atoms with Crippen molar-refractivity contribution < 1.29 is 19.0 Å². The molecule has 1 aliphatic carbocycles.